The average Bonchev–Trinajstić information content (AvgIpc) is 2.85. The van der Waals surface area contributed by atoms with E-state index in [0.29, 0.717) is 24.4 Å². The third kappa shape index (κ3) is 5.86. The lowest BCUT2D eigenvalue weighted by Crippen LogP contribution is -2.31. The van der Waals surface area contributed by atoms with Crippen LogP contribution in [0.2, 0.25) is 0 Å². The van der Waals surface area contributed by atoms with Gasteiger partial charge in [0.1, 0.15) is 12.4 Å². The third-order valence-electron chi connectivity index (χ3n) is 6.03. The number of hydrogen-bond acceptors (Lipinski definition) is 4. The Morgan fingerprint density at radius 2 is 1.50 bits per heavy atom. The maximum absolute atomic E-state index is 12.6. The monoisotopic (exact) mass is 502 g/mol. The molecule has 0 saturated heterocycles. The number of carbonyl (C=O) groups excluding carboxylic acids is 1. The van der Waals surface area contributed by atoms with E-state index in [0.717, 1.165) is 33.2 Å². The number of rotatable bonds is 9. The minimum atomic E-state index is -3.50. The number of aryl methyl sites for hydroxylation is 2. The van der Waals surface area contributed by atoms with E-state index in [1.807, 2.05) is 74.5 Å². The summed E-state index contributed by atoms with van der Waals surface area (Å²) < 4.78 is 32.5. The molecule has 0 saturated carbocycles. The van der Waals surface area contributed by atoms with Crippen molar-refractivity contribution in [2.45, 2.75) is 20.4 Å². The van der Waals surface area contributed by atoms with Crippen molar-refractivity contribution < 1.29 is 17.9 Å². The summed E-state index contributed by atoms with van der Waals surface area (Å²) in [6, 6.07) is 26.6. The maximum atomic E-state index is 12.6. The Kier molecular flexibility index (Phi) is 7.60. The molecule has 0 aliphatic heterocycles. The summed E-state index contributed by atoms with van der Waals surface area (Å²) in [5.41, 5.74) is 3.76. The molecule has 6 nitrogen and oxygen atoms in total. The Morgan fingerprint density at radius 3 is 2.19 bits per heavy atom. The Labute approximate surface area is 212 Å². The zero-order valence-electron chi connectivity index (χ0n) is 20.7. The van der Waals surface area contributed by atoms with Gasteiger partial charge in [0.25, 0.3) is 5.91 Å². The summed E-state index contributed by atoms with van der Waals surface area (Å²) in [6.45, 7) is 4.69. The van der Waals surface area contributed by atoms with E-state index < -0.39 is 10.0 Å². The number of hydrogen-bond donors (Lipinski definition) is 1. The Bertz CT molecular complexity index is 1460. The van der Waals surface area contributed by atoms with Crippen molar-refractivity contribution in [3.63, 3.8) is 0 Å². The van der Waals surface area contributed by atoms with Gasteiger partial charge in [0.15, 0.2) is 0 Å². The van der Waals surface area contributed by atoms with Crippen LogP contribution in [0.4, 0.5) is 5.69 Å². The van der Waals surface area contributed by atoms with Gasteiger partial charge in [0, 0.05) is 10.9 Å². The molecule has 4 rings (SSSR count). The van der Waals surface area contributed by atoms with Crippen molar-refractivity contribution in [3.8, 4) is 5.75 Å². The molecule has 36 heavy (non-hydrogen) atoms. The molecule has 186 valence electrons. The lowest BCUT2D eigenvalue weighted by atomic mass is 10.1. The normalized spacial score (nSPS) is 11.3. The van der Waals surface area contributed by atoms with Crippen LogP contribution in [0.1, 0.15) is 27.0 Å². The van der Waals surface area contributed by atoms with E-state index in [1.54, 1.807) is 24.3 Å². The second kappa shape index (κ2) is 10.8. The van der Waals surface area contributed by atoms with Gasteiger partial charge in [-0.2, -0.15) is 0 Å². The highest BCUT2D eigenvalue weighted by Crippen LogP contribution is 2.28. The molecule has 0 unspecified atom stereocenters. The fourth-order valence-electron chi connectivity index (χ4n) is 4.24. The summed E-state index contributed by atoms with van der Waals surface area (Å²) in [5, 5.41) is 5.01. The van der Waals surface area contributed by atoms with E-state index >= 15 is 0 Å². The van der Waals surface area contributed by atoms with Crippen molar-refractivity contribution in [2.75, 3.05) is 23.7 Å². The lowest BCUT2D eigenvalue weighted by Gasteiger charge is -2.26. The van der Waals surface area contributed by atoms with Gasteiger partial charge >= 0.3 is 0 Å². The first-order valence-corrected chi connectivity index (χ1v) is 13.6. The molecule has 1 amide bonds. The van der Waals surface area contributed by atoms with Crippen molar-refractivity contribution in [1.82, 2.24) is 5.32 Å². The van der Waals surface area contributed by atoms with Crippen molar-refractivity contribution in [3.05, 3.63) is 107 Å². The van der Waals surface area contributed by atoms with Crippen LogP contribution in [0.15, 0.2) is 84.9 Å². The molecule has 0 aliphatic rings. The zero-order chi connectivity index (χ0) is 25.7. The van der Waals surface area contributed by atoms with E-state index in [-0.39, 0.29) is 12.5 Å². The van der Waals surface area contributed by atoms with E-state index in [4.69, 9.17) is 4.74 Å². The van der Waals surface area contributed by atoms with Gasteiger partial charge in [-0.25, -0.2) is 8.42 Å². The highest BCUT2D eigenvalue weighted by atomic mass is 32.2. The van der Waals surface area contributed by atoms with Crippen LogP contribution in [-0.4, -0.2) is 33.7 Å². The van der Waals surface area contributed by atoms with E-state index in [9.17, 15) is 13.2 Å². The summed E-state index contributed by atoms with van der Waals surface area (Å²) in [6.07, 6.45) is 1.21. The first-order chi connectivity index (χ1) is 17.2. The van der Waals surface area contributed by atoms with Crippen LogP contribution < -0.4 is 14.4 Å². The Balaban J connectivity index is 1.37. The van der Waals surface area contributed by atoms with Gasteiger partial charge in [-0.1, -0.05) is 66.7 Å². The Hall–Kier alpha value is -3.84. The summed E-state index contributed by atoms with van der Waals surface area (Å²) >= 11 is 0. The number of sulfonamides is 1. The average molecular weight is 503 g/mol. The topological polar surface area (TPSA) is 75.7 Å². The molecule has 0 fully saturated rings. The smallest absolute Gasteiger partial charge is 0.251 e. The molecule has 7 heteroatoms. The minimum absolute atomic E-state index is 0.186. The largest absolute Gasteiger partial charge is 0.491 e. The van der Waals surface area contributed by atoms with Crippen LogP contribution >= 0.6 is 0 Å². The van der Waals surface area contributed by atoms with Crippen molar-refractivity contribution in [1.29, 1.82) is 0 Å². The van der Waals surface area contributed by atoms with E-state index in [1.165, 1.54) is 10.6 Å². The number of nitrogens with zero attached hydrogens (tertiary/aromatic N) is 1. The molecule has 4 aromatic rings. The predicted octanol–water partition coefficient (Wildman–Crippen LogP) is 5.23. The number of fused-ring (bicyclic) bond motifs is 1. The fourth-order valence-corrected chi connectivity index (χ4v) is 5.24. The first kappa shape index (κ1) is 25.3. The minimum Gasteiger partial charge on any atom is -0.491 e. The lowest BCUT2D eigenvalue weighted by molar-refractivity contribution is 0.0947. The number of carbonyl (C=O) groups is 1. The highest BCUT2D eigenvalue weighted by Gasteiger charge is 2.21. The molecular weight excluding hydrogens is 472 g/mol. The number of ether oxygens (including phenoxy) is 1. The molecular formula is C29H30N2O4S. The first-order valence-electron chi connectivity index (χ1n) is 11.8. The maximum Gasteiger partial charge on any atom is 0.251 e. The van der Waals surface area contributed by atoms with Gasteiger partial charge in [-0.15, -0.1) is 0 Å². The molecule has 0 spiro atoms. The van der Waals surface area contributed by atoms with Gasteiger partial charge < -0.3 is 10.1 Å². The van der Waals surface area contributed by atoms with Crippen molar-refractivity contribution in [2.24, 2.45) is 0 Å². The molecule has 1 N–H and O–H groups in total. The van der Waals surface area contributed by atoms with Gasteiger partial charge in [0.2, 0.25) is 10.0 Å². The number of benzene rings is 4. The highest BCUT2D eigenvalue weighted by molar-refractivity contribution is 7.92. The van der Waals surface area contributed by atoms with Crippen LogP contribution in [-0.2, 0) is 16.6 Å². The van der Waals surface area contributed by atoms with Gasteiger partial charge in [0.05, 0.1) is 25.0 Å². The van der Waals surface area contributed by atoms with Gasteiger partial charge in [-0.05, 0) is 54.1 Å². The summed E-state index contributed by atoms with van der Waals surface area (Å²) in [4.78, 5) is 12.6. The van der Waals surface area contributed by atoms with Gasteiger partial charge in [-0.3, -0.25) is 9.10 Å². The molecule has 0 bridgehead atoms. The Morgan fingerprint density at radius 1 is 0.861 bits per heavy atom. The van der Waals surface area contributed by atoms with E-state index in [2.05, 4.69) is 5.32 Å². The third-order valence-corrected chi connectivity index (χ3v) is 7.14. The quantitative estimate of drug-likeness (QED) is 0.318. The fraction of sp³-hybridized carbons (Fsp3) is 0.207. The molecule has 0 radical (unpaired) electrons. The molecule has 0 heterocycles. The SMILES string of the molecule is Cc1cccc(C)c1N(Cc1ccc(C(=O)NCCOc2cccc3ccccc23)cc1)S(C)(=O)=O. The number of para-hydroxylation sites is 1. The zero-order valence-corrected chi connectivity index (χ0v) is 21.5. The molecule has 0 aliphatic carbocycles. The second-order valence-corrected chi connectivity index (χ2v) is 10.7. The molecule has 0 atom stereocenters. The van der Waals surface area contributed by atoms with Crippen molar-refractivity contribution >= 4 is 32.4 Å². The van der Waals surface area contributed by atoms with Crippen LogP contribution in [0, 0.1) is 13.8 Å². The number of anilines is 1. The predicted molar refractivity (Wildman–Crippen MR) is 145 cm³/mol. The molecule has 0 aromatic heterocycles. The van der Waals surface area contributed by atoms with Crippen LogP contribution in [0.5, 0.6) is 5.75 Å². The van der Waals surface area contributed by atoms with Crippen LogP contribution in [0.25, 0.3) is 10.8 Å². The number of nitrogens with one attached hydrogen (secondary N) is 1. The summed E-state index contributed by atoms with van der Waals surface area (Å²) in [5.74, 6) is 0.573. The standard InChI is InChI=1S/C29H30N2O4S/c1-21-8-6-9-22(2)28(21)31(36(3,33)34)20-23-14-16-25(17-15-23)29(32)30-18-19-35-27-13-7-11-24-10-4-5-12-26(24)27/h4-17H,18-20H2,1-3H3,(H,30,32). The number of amides is 1. The summed E-state index contributed by atoms with van der Waals surface area (Å²) in [7, 11) is -3.50. The second-order valence-electron chi connectivity index (χ2n) is 8.79. The molecule has 4 aromatic carbocycles. The van der Waals surface area contributed by atoms with Crippen LogP contribution in [0.3, 0.4) is 0 Å².